The molecule has 6 nitrogen and oxygen atoms in total. The van der Waals surface area contributed by atoms with Gasteiger partial charge in [-0.25, -0.2) is 14.2 Å². The summed E-state index contributed by atoms with van der Waals surface area (Å²) in [6.45, 7) is 0.502. The average molecular weight is 210 g/mol. The maximum Gasteiger partial charge on any atom is 0.354 e. The van der Waals surface area contributed by atoms with Crippen molar-refractivity contribution in [3.8, 4) is 0 Å². The Morgan fingerprint density at radius 3 is 2.67 bits per heavy atom. The minimum Gasteiger partial charge on any atom is -0.358 e. The first kappa shape index (κ1) is 9.95. The van der Waals surface area contributed by atoms with Gasteiger partial charge in [0.05, 0.1) is 0 Å². The fourth-order valence-corrected chi connectivity index (χ4v) is 1.52. The van der Waals surface area contributed by atoms with Crippen LogP contribution in [0.4, 0.5) is 5.95 Å². The highest BCUT2D eigenvalue weighted by Gasteiger charge is 2.24. The molecule has 0 saturated heterocycles. The van der Waals surface area contributed by atoms with Gasteiger partial charge in [0.2, 0.25) is 5.95 Å². The molecule has 1 heterocycles. The fourth-order valence-electron chi connectivity index (χ4n) is 1.52. The van der Waals surface area contributed by atoms with Crippen molar-refractivity contribution in [3.05, 3.63) is 21.0 Å². The van der Waals surface area contributed by atoms with Crippen molar-refractivity contribution in [2.75, 3.05) is 12.4 Å². The third-order valence-electron chi connectivity index (χ3n) is 2.63. The van der Waals surface area contributed by atoms with Crippen LogP contribution in [-0.2, 0) is 13.6 Å². The number of aromatic nitrogens is 3. The maximum atomic E-state index is 11.8. The molecule has 1 fully saturated rings. The Morgan fingerprint density at radius 1 is 1.47 bits per heavy atom. The Morgan fingerprint density at radius 2 is 2.13 bits per heavy atom. The highest BCUT2D eigenvalue weighted by Crippen LogP contribution is 2.29. The van der Waals surface area contributed by atoms with Crippen molar-refractivity contribution in [2.24, 2.45) is 13.0 Å². The molecule has 0 aliphatic heterocycles. The van der Waals surface area contributed by atoms with Crippen LogP contribution in [0.15, 0.2) is 9.59 Å². The van der Waals surface area contributed by atoms with E-state index in [2.05, 4.69) is 10.3 Å². The molecule has 1 aromatic rings. The van der Waals surface area contributed by atoms with Gasteiger partial charge in [-0.2, -0.15) is 4.98 Å². The standard InChI is InChI=1S/C9H14N4O2/c1-10-7-11-8(14)13(5-6-3-4-6)9(15)12(7)2/h6H,3-5H2,1-2H3,(H,10,11,14). The molecular weight excluding hydrogens is 196 g/mol. The van der Waals surface area contributed by atoms with Gasteiger partial charge in [-0.1, -0.05) is 0 Å². The Balaban J connectivity index is 2.50. The maximum absolute atomic E-state index is 11.8. The van der Waals surface area contributed by atoms with E-state index < -0.39 is 5.69 Å². The smallest absolute Gasteiger partial charge is 0.354 e. The molecule has 2 rings (SSSR count). The molecule has 1 aliphatic rings. The molecule has 0 spiro atoms. The topological polar surface area (TPSA) is 68.9 Å². The first-order valence-corrected chi connectivity index (χ1v) is 4.99. The van der Waals surface area contributed by atoms with Gasteiger partial charge < -0.3 is 5.32 Å². The van der Waals surface area contributed by atoms with Gasteiger partial charge in [-0.3, -0.25) is 4.57 Å². The SMILES string of the molecule is CNc1nc(=O)n(CC2CC2)c(=O)n1C. The normalized spacial score (nSPS) is 15.3. The van der Waals surface area contributed by atoms with Crippen LogP contribution in [0, 0.1) is 5.92 Å². The van der Waals surface area contributed by atoms with E-state index in [0.717, 1.165) is 12.8 Å². The van der Waals surface area contributed by atoms with Crippen LogP contribution in [0.5, 0.6) is 0 Å². The van der Waals surface area contributed by atoms with Crippen LogP contribution >= 0.6 is 0 Å². The number of anilines is 1. The van der Waals surface area contributed by atoms with Crippen LogP contribution in [0.2, 0.25) is 0 Å². The summed E-state index contributed by atoms with van der Waals surface area (Å²) >= 11 is 0. The molecule has 1 N–H and O–H groups in total. The van der Waals surface area contributed by atoms with Crippen molar-refractivity contribution in [2.45, 2.75) is 19.4 Å². The lowest BCUT2D eigenvalue weighted by Gasteiger charge is -2.08. The Kier molecular flexibility index (Phi) is 2.34. The van der Waals surface area contributed by atoms with E-state index in [9.17, 15) is 9.59 Å². The summed E-state index contributed by atoms with van der Waals surface area (Å²) in [5, 5.41) is 2.71. The van der Waals surface area contributed by atoms with E-state index in [1.165, 1.54) is 9.13 Å². The lowest BCUT2D eigenvalue weighted by atomic mass is 10.4. The van der Waals surface area contributed by atoms with Gasteiger partial charge >= 0.3 is 11.4 Å². The molecule has 0 aromatic carbocycles. The van der Waals surface area contributed by atoms with E-state index in [1.807, 2.05) is 0 Å². The van der Waals surface area contributed by atoms with Crippen LogP contribution in [0.3, 0.4) is 0 Å². The highest BCUT2D eigenvalue weighted by molar-refractivity contribution is 5.21. The van der Waals surface area contributed by atoms with Crippen molar-refractivity contribution < 1.29 is 0 Å². The van der Waals surface area contributed by atoms with Crippen LogP contribution < -0.4 is 16.7 Å². The number of hydrogen-bond acceptors (Lipinski definition) is 4. The van der Waals surface area contributed by atoms with E-state index >= 15 is 0 Å². The summed E-state index contributed by atoms with van der Waals surface area (Å²) < 4.78 is 2.56. The van der Waals surface area contributed by atoms with Crippen LogP contribution in [0.25, 0.3) is 0 Å². The quantitative estimate of drug-likeness (QED) is 0.723. The van der Waals surface area contributed by atoms with E-state index in [0.29, 0.717) is 18.4 Å². The molecule has 0 bridgehead atoms. The predicted octanol–water partition coefficient (Wildman–Crippen LogP) is -0.606. The van der Waals surface area contributed by atoms with E-state index in [1.54, 1.807) is 14.1 Å². The number of nitrogens with one attached hydrogen (secondary N) is 1. The molecule has 1 saturated carbocycles. The Bertz CT molecular complexity index is 484. The summed E-state index contributed by atoms with van der Waals surface area (Å²) in [5.41, 5.74) is -0.763. The number of rotatable bonds is 3. The lowest BCUT2D eigenvalue weighted by molar-refractivity contribution is 0.532. The predicted molar refractivity (Wildman–Crippen MR) is 56.0 cm³/mol. The molecule has 15 heavy (non-hydrogen) atoms. The zero-order chi connectivity index (χ0) is 11.0. The average Bonchev–Trinajstić information content (AvgIpc) is 3.02. The highest BCUT2D eigenvalue weighted by atomic mass is 16.2. The lowest BCUT2D eigenvalue weighted by Crippen LogP contribution is -2.42. The third-order valence-corrected chi connectivity index (χ3v) is 2.63. The van der Waals surface area contributed by atoms with Crippen molar-refractivity contribution in [1.29, 1.82) is 0 Å². The third kappa shape index (κ3) is 1.79. The molecule has 0 atom stereocenters. The zero-order valence-electron chi connectivity index (χ0n) is 8.86. The van der Waals surface area contributed by atoms with Gasteiger partial charge in [-0.05, 0) is 18.8 Å². The molecule has 0 unspecified atom stereocenters. The molecular formula is C9H14N4O2. The largest absolute Gasteiger partial charge is 0.358 e. The summed E-state index contributed by atoms with van der Waals surface area (Å²) in [7, 11) is 3.23. The molecule has 82 valence electrons. The van der Waals surface area contributed by atoms with Gasteiger partial charge in [0.25, 0.3) is 0 Å². The summed E-state index contributed by atoms with van der Waals surface area (Å²) in [4.78, 5) is 27.1. The van der Waals surface area contributed by atoms with Crippen molar-refractivity contribution in [3.63, 3.8) is 0 Å². The van der Waals surface area contributed by atoms with Crippen LogP contribution in [-0.4, -0.2) is 21.2 Å². The summed E-state index contributed by atoms with van der Waals surface area (Å²) in [6.07, 6.45) is 2.20. The second-order valence-electron chi connectivity index (χ2n) is 3.86. The number of nitrogens with zero attached hydrogens (tertiary/aromatic N) is 3. The Hall–Kier alpha value is -1.59. The first-order chi connectivity index (χ1) is 7.13. The second-order valence-corrected chi connectivity index (χ2v) is 3.86. The fraction of sp³-hybridized carbons (Fsp3) is 0.667. The van der Waals surface area contributed by atoms with Crippen LogP contribution in [0.1, 0.15) is 12.8 Å². The summed E-state index contributed by atoms with van der Waals surface area (Å²) in [6, 6.07) is 0. The second kappa shape index (κ2) is 3.52. The van der Waals surface area contributed by atoms with Gasteiger partial charge in [0, 0.05) is 20.6 Å². The van der Waals surface area contributed by atoms with Crippen molar-refractivity contribution >= 4 is 5.95 Å². The molecule has 6 heteroatoms. The zero-order valence-corrected chi connectivity index (χ0v) is 8.86. The monoisotopic (exact) mass is 210 g/mol. The Labute approximate surface area is 86.6 Å². The minimum absolute atomic E-state index is 0.300. The van der Waals surface area contributed by atoms with Gasteiger partial charge in [0.1, 0.15) is 0 Å². The van der Waals surface area contributed by atoms with E-state index in [4.69, 9.17) is 0 Å². The molecule has 0 radical (unpaired) electrons. The summed E-state index contributed by atoms with van der Waals surface area (Å²) in [5.74, 6) is 0.787. The first-order valence-electron chi connectivity index (χ1n) is 4.99. The molecule has 1 aliphatic carbocycles. The minimum atomic E-state index is -0.464. The van der Waals surface area contributed by atoms with Gasteiger partial charge in [0.15, 0.2) is 0 Å². The van der Waals surface area contributed by atoms with E-state index in [-0.39, 0.29) is 5.69 Å². The van der Waals surface area contributed by atoms with Gasteiger partial charge in [-0.15, -0.1) is 0 Å². The molecule has 1 aromatic heterocycles. The number of hydrogen-bond donors (Lipinski definition) is 1. The van der Waals surface area contributed by atoms with Crippen molar-refractivity contribution in [1.82, 2.24) is 14.1 Å². The molecule has 0 amide bonds.